The molecule has 2 fully saturated rings. The highest BCUT2D eigenvalue weighted by Crippen LogP contribution is 2.24. The van der Waals surface area contributed by atoms with Gasteiger partial charge in [0.1, 0.15) is 0 Å². The molecule has 8 heteroatoms. The van der Waals surface area contributed by atoms with Gasteiger partial charge in [0.2, 0.25) is 10.0 Å². The molecule has 1 amide bonds. The number of carbonyl (C=O) groups excluding carboxylic acids is 1. The van der Waals surface area contributed by atoms with Gasteiger partial charge in [0.25, 0.3) is 5.91 Å². The van der Waals surface area contributed by atoms with Gasteiger partial charge in [0.15, 0.2) is 0 Å². The van der Waals surface area contributed by atoms with E-state index in [0.717, 1.165) is 31.4 Å². The molecule has 2 aliphatic rings. The maximum absolute atomic E-state index is 12.9. The van der Waals surface area contributed by atoms with Gasteiger partial charge in [-0.3, -0.25) is 9.48 Å². The molecular formula is C17H28N4O3S. The number of aryl methyl sites for hydroxylation is 2. The van der Waals surface area contributed by atoms with E-state index in [9.17, 15) is 13.2 Å². The average molecular weight is 369 g/mol. The van der Waals surface area contributed by atoms with Crippen LogP contribution in [-0.4, -0.2) is 53.4 Å². The van der Waals surface area contributed by atoms with E-state index in [4.69, 9.17) is 0 Å². The van der Waals surface area contributed by atoms with Crippen LogP contribution in [0.3, 0.4) is 0 Å². The quantitative estimate of drug-likeness (QED) is 0.873. The molecule has 2 heterocycles. The molecule has 0 aromatic carbocycles. The molecule has 1 aliphatic carbocycles. The van der Waals surface area contributed by atoms with E-state index < -0.39 is 15.3 Å². The van der Waals surface area contributed by atoms with E-state index >= 15 is 0 Å². The second-order valence-corrected chi connectivity index (χ2v) is 9.32. The Morgan fingerprint density at radius 1 is 1.16 bits per heavy atom. The van der Waals surface area contributed by atoms with Gasteiger partial charge >= 0.3 is 0 Å². The van der Waals surface area contributed by atoms with Gasteiger partial charge in [-0.15, -0.1) is 0 Å². The number of hydrogen-bond acceptors (Lipinski definition) is 4. The first-order valence-electron chi connectivity index (χ1n) is 9.10. The van der Waals surface area contributed by atoms with Crippen molar-refractivity contribution < 1.29 is 13.2 Å². The average Bonchev–Trinajstić information content (AvgIpc) is 3.15. The number of sulfonamides is 1. The van der Waals surface area contributed by atoms with Crippen LogP contribution in [0, 0.1) is 13.8 Å². The Morgan fingerprint density at radius 3 is 2.44 bits per heavy atom. The van der Waals surface area contributed by atoms with Crippen LogP contribution < -0.4 is 4.72 Å². The lowest BCUT2D eigenvalue weighted by Gasteiger charge is -2.33. The predicted molar refractivity (Wildman–Crippen MR) is 95.9 cm³/mol. The summed E-state index contributed by atoms with van der Waals surface area (Å²) in [5.74, 6) is -0.108. The number of carbonyl (C=O) groups is 1. The maximum Gasteiger partial charge on any atom is 0.257 e. The second-order valence-electron chi connectivity index (χ2n) is 7.33. The van der Waals surface area contributed by atoms with Crippen molar-refractivity contribution in [2.75, 3.05) is 13.1 Å². The fourth-order valence-electron chi connectivity index (χ4n) is 3.99. The Hall–Kier alpha value is -1.41. The number of piperidine rings is 1. The fourth-order valence-corrected chi connectivity index (χ4v) is 5.74. The standard InChI is InChI=1S/C17H28N4O3S/c1-12-16(13(2)20(3)18-12)17(22)21-10-6-9-15(11-21)25(23,24)19-14-7-4-5-8-14/h14-15,19H,4-11H2,1-3H3/t15-/m1/s1. The molecule has 140 valence electrons. The monoisotopic (exact) mass is 368 g/mol. The Labute approximate surface area is 149 Å². The van der Waals surface area contributed by atoms with E-state index in [1.54, 1.807) is 9.58 Å². The van der Waals surface area contributed by atoms with Crippen molar-refractivity contribution in [2.24, 2.45) is 7.05 Å². The molecule has 1 aromatic heterocycles. The zero-order valence-electron chi connectivity index (χ0n) is 15.3. The van der Waals surface area contributed by atoms with Gasteiger partial charge < -0.3 is 4.90 Å². The first-order valence-corrected chi connectivity index (χ1v) is 10.6. The van der Waals surface area contributed by atoms with Crippen molar-refractivity contribution in [1.82, 2.24) is 19.4 Å². The summed E-state index contributed by atoms with van der Waals surface area (Å²) in [6, 6.07) is 0.0684. The molecule has 1 aromatic rings. The number of hydrogen-bond donors (Lipinski definition) is 1. The summed E-state index contributed by atoms with van der Waals surface area (Å²) in [5, 5.41) is 3.78. The Kier molecular flexibility index (Phi) is 5.20. The van der Waals surface area contributed by atoms with Crippen molar-refractivity contribution in [3.05, 3.63) is 17.0 Å². The van der Waals surface area contributed by atoms with Gasteiger partial charge in [0, 0.05) is 31.9 Å². The third kappa shape index (κ3) is 3.74. The molecule has 3 rings (SSSR count). The third-order valence-electron chi connectivity index (χ3n) is 5.51. The molecule has 0 radical (unpaired) electrons. The number of amides is 1. The zero-order chi connectivity index (χ0) is 18.2. The molecule has 1 atom stereocenters. The SMILES string of the molecule is Cc1nn(C)c(C)c1C(=O)N1CCC[C@@H](S(=O)(=O)NC2CCCC2)C1. The van der Waals surface area contributed by atoms with Crippen LogP contribution in [0.15, 0.2) is 0 Å². The van der Waals surface area contributed by atoms with Crippen LogP contribution in [0.25, 0.3) is 0 Å². The lowest BCUT2D eigenvalue weighted by atomic mass is 10.1. The summed E-state index contributed by atoms with van der Waals surface area (Å²) in [6.45, 7) is 4.55. The van der Waals surface area contributed by atoms with Crippen molar-refractivity contribution in [3.8, 4) is 0 Å². The van der Waals surface area contributed by atoms with Gasteiger partial charge in [-0.2, -0.15) is 5.10 Å². The highest BCUT2D eigenvalue weighted by Gasteiger charge is 2.35. The molecule has 0 unspecified atom stereocenters. The highest BCUT2D eigenvalue weighted by atomic mass is 32.2. The summed E-state index contributed by atoms with van der Waals surface area (Å²) in [7, 11) is -1.58. The van der Waals surface area contributed by atoms with E-state index in [1.165, 1.54) is 0 Å². The lowest BCUT2D eigenvalue weighted by molar-refractivity contribution is 0.0725. The smallest absolute Gasteiger partial charge is 0.257 e. The van der Waals surface area contributed by atoms with E-state index in [2.05, 4.69) is 9.82 Å². The normalized spacial score (nSPS) is 22.5. The zero-order valence-corrected chi connectivity index (χ0v) is 16.1. The van der Waals surface area contributed by atoms with Crippen LogP contribution in [0.5, 0.6) is 0 Å². The van der Waals surface area contributed by atoms with Crippen LogP contribution >= 0.6 is 0 Å². The van der Waals surface area contributed by atoms with Crippen LogP contribution in [-0.2, 0) is 17.1 Å². The van der Waals surface area contributed by atoms with Crippen molar-refractivity contribution >= 4 is 15.9 Å². The summed E-state index contributed by atoms with van der Waals surface area (Å²) in [5.41, 5.74) is 2.11. The van der Waals surface area contributed by atoms with Gasteiger partial charge in [-0.1, -0.05) is 12.8 Å². The molecule has 0 bridgehead atoms. The number of aromatic nitrogens is 2. The molecule has 1 saturated carbocycles. The number of nitrogens with one attached hydrogen (secondary N) is 1. The molecule has 7 nitrogen and oxygen atoms in total. The maximum atomic E-state index is 12.9. The van der Waals surface area contributed by atoms with Crippen molar-refractivity contribution in [2.45, 2.75) is 63.7 Å². The second kappa shape index (κ2) is 7.07. The van der Waals surface area contributed by atoms with Gasteiger partial charge in [-0.05, 0) is 39.5 Å². The molecule has 1 aliphatic heterocycles. The summed E-state index contributed by atoms with van der Waals surface area (Å²) >= 11 is 0. The predicted octanol–water partition coefficient (Wildman–Crippen LogP) is 1.50. The Morgan fingerprint density at radius 2 is 1.84 bits per heavy atom. The largest absolute Gasteiger partial charge is 0.337 e. The first-order chi connectivity index (χ1) is 11.8. The third-order valence-corrected chi connectivity index (χ3v) is 7.44. The minimum Gasteiger partial charge on any atom is -0.337 e. The number of rotatable bonds is 4. The minimum atomic E-state index is -3.40. The Bertz CT molecular complexity index is 750. The molecule has 25 heavy (non-hydrogen) atoms. The van der Waals surface area contributed by atoms with Crippen molar-refractivity contribution in [3.63, 3.8) is 0 Å². The van der Waals surface area contributed by atoms with E-state index in [-0.39, 0.29) is 18.5 Å². The lowest BCUT2D eigenvalue weighted by Crippen LogP contribution is -2.50. The summed E-state index contributed by atoms with van der Waals surface area (Å²) in [4.78, 5) is 14.6. The topological polar surface area (TPSA) is 84.3 Å². The van der Waals surface area contributed by atoms with Gasteiger partial charge in [0.05, 0.1) is 16.5 Å². The van der Waals surface area contributed by atoms with Crippen LogP contribution in [0.2, 0.25) is 0 Å². The van der Waals surface area contributed by atoms with Crippen LogP contribution in [0.1, 0.15) is 60.3 Å². The van der Waals surface area contributed by atoms with E-state index in [1.807, 2.05) is 20.9 Å². The van der Waals surface area contributed by atoms with E-state index in [0.29, 0.717) is 30.6 Å². The molecule has 0 spiro atoms. The molecular weight excluding hydrogens is 340 g/mol. The number of likely N-dealkylation sites (tertiary alicyclic amines) is 1. The fraction of sp³-hybridized carbons (Fsp3) is 0.765. The van der Waals surface area contributed by atoms with Crippen molar-refractivity contribution in [1.29, 1.82) is 0 Å². The highest BCUT2D eigenvalue weighted by molar-refractivity contribution is 7.90. The number of nitrogens with zero attached hydrogens (tertiary/aromatic N) is 3. The first kappa shape index (κ1) is 18.4. The molecule has 1 saturated heterocycles. The van der Waals surface area contributed by atoms with Crippen LogP contribution in [0.4, 0.5) is 0 Å². The molecule has 1 N–H and O–H groups in total. The Balaban J connectivity index is 1.73. The minimum absolute atomic E-state index is 0.0684. The summed E-state index contributed by atoms with van der Waals surface area (Å²) in [6.07, 6.45) is 5.33. The summed E-state index contributed by atoms with van der Waals surface area (Å²) < 4.78 is 30.0. The van der Waals surface area contributed by atoms with Gasteiger partial charge in [-0.25, -0.2) is 13.1 Å².